The van der Waals surface area contributed by atoms with Gasteiger partial charge in [0.1, 0.15) is 0 Å². The van der Waals surface area contributed by atoms with Gasteiger partial charge >= 0.3 is 0 Å². The van der Waals surface area contributed by atoms with Crippen LogP contribution in [0.4, 0.5) is 0 Å². The Bertz CT molecular complexity index is 609. The van der Waals surface area contributed by atoms with Crippen LogP contribution in [-0.2, 0) is 11.8 Å². The van der Waals surface area contributed by atoms with Crippen LogP contribution in [0.25, 0.3) is 0 Å². The maximum atomic E-state index is 3.46. The highest BCUT2D eigenvalue weighted by Gasteiger charge is 2.34. The van der Waals surface area contributed by atoms with Gasteiger partial charge in [-0.25, -0.2) is 0 Å². The second kappa shape index (κ2) is 10.5. The average molecular weight is 353 g/mol. The zero-order valence-electron chi connectivity index (χ0n) is 17.0. The summed E-state index contributed by atoms with van der Waals surface area (Å²) in [5.74, 6) is 0.604. The summed E-state index contributed by atoms with van der Waals surface area (Å²) in [6.45, 7) is 8.03. The summed E-state index contributed by atoms with van der Waals surface area (Å²) in [4.78, 5) is 2.47. The van der Waals surface area contributed by atoms with Crippen LogP contribution in [-0.4, -0.2) is 38.6 Å². The fraction of sp³-hybridized carbons (Fsp3) is 0.500. The van der Waals surface area contributed by atoms with Crippen molar-refractivity contribution < 1.29 is 0 Å². The molecule has 1 N–H and O–H groups in total. The molecule has 0 bridgehead atoms. The summed E-state index contributed by atoms with van der Waals surface area (Å²) in [6.07, 6.45) is 3.56. The predicted octanol–water partition coefficient (Wildman–Crippen LogP) is 4.75. The van der Waals surface area contributed by atoms with Crippen LogP contribution in [0, 0.1) is 5.92 Å². The second-order valence-corrected chi connectivity index (χ2v) is 7.85. The van der Waals surface area contributed by atoms with E-state index in [0.717, 1.165) is 26.1 Å². The van der Waals surface area contributed by atoms with Gasteiger partial charge in [-0.15, -0.1) is 0 Å². The molecule has 2 aromatic carbocycles. The van der Waals surface area contributed by atoms with Crippen molar-refractivity contribution in [3.8, 4) is 0 Å². The highest BCUT2D eigenvalue weighted by molar-refractivity contribution is 5.27. The van der Waals surface area contributed by atoms with Crippen molar-refractivity contribution in [2.45, 2.75) is 38.5 Å². The Kier molecular flexibility index (Phi) is 8.34. The topological polar surface area (TPSA) is 15.3 Å². The summed E-state index contributed by atoms with van der Waals surface area (Å²) < 4.78 is 0. The number of rotatable bonds is 11. The minimum absolute atomic E-state index is 0.205. The van der Waals surface area contributed by atoms with Crippen LogP contribution in [0.15, 0.2) is 60.7 Å². The number of nitrogens with one attached hydrogen (secondary N) is 1. The van der Waals surface area contributed by atoms with Crippen LogP contribution in [0.3, 0.4) is 0 Å². The van der Waals surface area contributed by atoms with E-state index in [1.807, 2.05) is 0 Å². The Hall–Kier alpha value is -1.64. The van der Waals surface area contributed by atoms with Gasteiger partial charge in [0.25, 0.3) is 0 Å². The van der Waals surface area contributed by atoms with Gasteiger partial charge in [-0.3, -0.25) is 0 Å². The lowest BCUT2D eigenvalue weighted by Gasteiger charge is -2.39. The van der Waals surface area contributed by atoms with E-state index in [4.69, 9.17) is 0 Å². The Morgan fingerprint density at radius 3 is 2.12 bits per heavy atom. The smallest absolute Gasteiger partial charge is 0.0101 e. The number of likely N-dealkylation sites (N-methyl/N-ethyl adjacent to an activating group) is 2. The van der Waals surface area contributed by atoms with Crippen molar-refractivity contribution in [1.29, 1.82) is 0 Å². The van der Waals surface area contributed by atoms with Crippen molar-refractivity contribution in [2.24, 2.45) is 5.92 Å². The van der Waals surface area contributed by atoms with Crippen LogP contribution < -0.4 is 5.32 Å². The van der Waals surface area contributed by atoms with E-state index in [1.165, 1.54) is 24.0 Å². The minimum atomic E-state index is 0.205. The lowest BCUT2D eigenvalue weighted by atomic mass is 9.68. The van der Waals surface area contributed by atoms with E-state index in [0.29, 0.717) is 5.92 Å². The largest absolute Gasteiger partial charge is 0.319 e. The molecular formula is C24H36N2. The molecule has 0 aliphatic carbocycles. The molecule has 1 atom stereocenters. The van der Waals surface area contributed by atoms with E-state index < -0.39 is 0 Å². The SMILES string of the molecule is CNCC(CCCN(C)CCc1ccccc1)(c1ccccc1)C(C)C. The number of hydrogen-bond donors (Lipinski definition) is 1. The first-order valence-corrected chi connectivity index (χ1v) is 10.0. The van der Waals surface area contributed by atoms with Gasteiger partial charge < -0.3 is 10.2 Å². The van der Waals surface area contributed by atoms with Crippen LogP contribution in [0.5, 0.6) is 0 Å². The third-order valence-electron chi connectivity index (χ3n) is 5.73. The molecule has 0 aliphatic heterocycles. The van der Waals surface area contributed by atoms with Gasteiger partial charge in [0.2, 0.25) is 0 Å². The maximum Gasteiger partial charge on any atom is 0.0101 e. The molecule has 0 amide bonds. The lowest BCUT2D eigenvalue weighted by molar-refractivity contribution is 0.246. The molecule has 142 valence electrons. The highest BCUT2D eigenvalue weighted by atomic mass is 15.1. The summed E-state index contributed by atoms with van der Waals surface area (Å²) in [5.41, 5.74) is 3.10. The molecule has 0 aliphatic rings. The van der Waals surface area contributed by atoms with Crippen molar-refractivity contribution in [3.05, 3.63) is 71.8 Å². The monoisotopic (exact) mass is 352 g/mol. The van der Waals surface area contributed by atoms with E-state index in [9.17, 15) is 0 Å². The van der Waals surface area contributed by atoms with E-state index >= 15 is 0 Å². The normalized spacial score (nSPS) is 13.9. The summed E-state index contributed by atoms with van der Waals surface area (Å²) in [6, 6.07) is 21.9. The van der Waals surface area contributed by atoms with E-state index in [-0.39, 0.29) is 5.41 Å². The molecule has 0 fully saturated rings. The highest BCUT2D eigenvalue weighted by Crippen LogP contribution is 2.36. The third kappa shape index (κ3) is 5.69. The summed E-state index contributed by atoms with van der Waals surface area (Å²) >= 11 is 0. The molecule has 0 heterocycles. The first-order valence-electron chi connectivity index (χ1n) is 10.0. The van der Waals surface area contributed by atoms with Crippen molar-refractivity contribution in [2.75, 3.05) is 33.7 Å². The number of hydrogen-bond acceptors (Lipinski definition) is 2. The van der Waals surface area contributed by atoms with Crippen LogP contribution in [0.1, 0.15) is 37.8 Å². The molecule has 0 radical (unpaired) electrons. The zero-order chi connectivity index (χ0) is 18.8. The van der Waals surface area contributed by atoms with Gasteiger partial charge in [0.15, 0.2) is 0 Å². The number of nitrogens with zero attached hydrogens (tertiary/aromatic N) is 1. The van der Waals surface area contributed by atoms with Crippen molar-refractivity contribution >= 4 is 0 Å². The van der Waals surface area contributed by atoms with Crippen molar-refractivity contribution in [1.82, 2.24) is 10.2 Å². The molecule has 26 heavy (non-hydrogen) atoms. The van der Waals surface area contributed by atoms with E-state index in [1.54, 1.807) is 0 Å². The minimum Gasteiger partial charge on any atom is -0.319 e. The summed E-state index contributed by atoms with van der Waals surface area (Å²) in [7, 11) is 4.33. The fourth-order valence-electron chi connectivity index (χ4n) is 3.99. The lowest BCUT2D eigenvalue weighted by Crippen LogP contribution is -2.42. The van der Waals surface area contributed by atoms with Gasteiger partial charge in [-0.1, -0.05) is 74.5 Å². The molecule has 2 heteroatoms. The standard InChI is InChI=1S/C24H36N2/c1-21(2)24(20-25-3,23-14-9-6-10-15-23)17-11-18-26(4)19-16-22-12-7-5-8-13-22/h5-10,12-15,21,25H,11,16-20H2,1-4H3. The van der Waals surface area contributed by atoms with Crippen LogP contribution >= 0.6 is 0 Å². The van der Waals surface area contributed by atoms with Gasteiger partial charge in [-0.05, 0) is 56.9 Å². The first kappa shape index (κ1) is 20.7. The molecule has 2 aromatic rings. The summed E-state index contributed by atoms with van der Waals surface area (Å²) in [5, 5.41) is 3.46. The maximum absolute atomic E-state index is 3.46. The Morgan fingerprint density at radius 2 is 1.54 bits per heavy atom. The number of benzene rings is 2. The third-order valence-corrected chi connectivity index (χ3v) is 5.73. The molecule has 0 aromatic heterocycles. The second-order valence-electron chi connectivity index (χ2n) is 7.85. The Labute approximate surface area is 160 Å². The van der Waals surface area contributed by atoms with Gasteiger partial charge in [0.05, 0.1) is 0 Å². The predicted molar refractivity (Wildman–Crippen MR) is 114 cm³/mol. The molecule has 2 nitrogen and oxygen atoms in total. The fourth-order valence-corrected chi connectivity index (χ4v) is 3.99. The van der Waals surface area contributed by atoms with Crippen molar-refractivity contribution in [3.63, 3.8) is 0 Å². The molecule has 0 saturated heterocycles. The molecule has 0 spiro atoms. The molecule has 0 saturated carbocycles. The molecular weight excluding hydrogens is 316 g/mol. The van der Waals surface area contributed by atoms with Gasteiger partial charge in [-0.2, -0.15) is 0 Å². The zero-order valence-corrected chi connectivity index (χ0v) is 17.0. The van der Waals surface area contributed by atoms with Gasteiger partial charge in [0, 0.05) is 18.5 Å². The average Bonchev–Trinajstić information content (AvgIpc) is 2.67. The molecule has 2 rings (SSSR count). The van der Waals surface area contributed by atoms with E-state index in [2.05, 4.69) is 98.8 Å². The van der Waals surface area contributed by atoms with Crippen LogP contribution in [0.2, 0.25) is 0 Å². The molecule has 1 unspecified atom stereocenters. The Morgan fingerprint density at radius 1 is 0.923 bits per heavy atom. The quantitative estimate of drug-likeness (QED) is 0.627. The Balaban J connectivity index is 1.92. The first-order chi connectivity index (χ1) is 12.6.